The van der Waals surface area contributed by atoms with Crippen LogP contribution in [0.1, 0.15) is 45.4 Å². The van der Waals surface area contributed by atoms with Crippen molar-refractivity contribution in [2.75, 3.05) is 11.1 Å². The Bertz CT molecular complexity index is 1030. The molecule has 2 rings (SSSR count). The number of hydroxylamine groups is 1. The highest BCUT2D eigenvalue weighted by molar-refractivity contribution is 7.89. The van der Waals surface area contributed by atoms with Crippen LogP contribution in [0.3, 0.4) is 0 Å². The predicted octanol–water partition coefficient (Wildman–Crippen LogP) is 1.51. The molecule has 0 unspecified atom stereocenters. The third kappa shape index (κ3) is 8.91. The van der Waals surface area contributed by atoms with E-state index in [0.29, 0.717) is 24.3 Å². The van der Waals surface area contributed by atoms with Crippen LogP contribution in [0.25, 0.3) is 0 Å². The van der Waals surface area contributed by atoms with Crippen LogP contribution in [0.15, 0.2) is 30.5 Å². The van der Waals surface area contributed by atoms with Crippen LogP contribution >= 0.6 is 0 Å². The maximum absolute atomic E-state index is 12.5. The fourth-order valence-corrected chi connectivity index (χ4v) is 4.53. The smallest absolute Gasteiger partial charge is 0.255 e. The van der Waals surface area contributed by atoms with Crippen molar-refractivity contribution >= 4 is 27.5 Å². The number of nitrogens with zero attached hydrogens (tertiary/aromatic N) is 3. The third-order valence-electron chi connectivity index (χ3n) is 4.63. The summed E-state index contributed by atoms with van der Waals surface area (Å²) in [7, 11) is -3.36. The second-order valence-corrected chi connectivity index (χ2v) is 10.6. The zero-order valence-electron chi connectivity index (χ0n) is 19.3. The lowest BCUT2D eigenvalue weighted by Gasteiger charge is -2.17. The molecule has 0 aliphatic heterocycles. The molecule has 12 heteroatoms. The van der Waals surface area contributed by atoms with Crippen LogP contribution in [0, 0.1) is 17.8 Å². The Labute approximate surface area is 194 Å². The SMILES string of the molecule is CC(C)C[C@@H](C(=O)NO)C(=O)Nc1ccc(Cn2cc(CNS(=O)(=O)CC(C)C)nn2)cc1. The Hall–Kier alpha value is -2.83. The first-order chi connectivity index (χ1) is 15.5. The van der Waals surface area contributed by atoms with Gasteiger partial charge in [0.05, 0.1) is 30.7 Å². The molecule has 1 aromatic heterocycles. The average molecular weight is 481 g/mol. The largest absolute Gasteiger partial charge is 0.325 e. The van der Waals surface area contributed by atoms with Crippen molar-refractivity contribution < 1.29 is 23.2 Å². The lowest BCUT2D eigenvalue weighted by molar-refractivity contribution is -0.139. The molecule has 0 fully saturated rings. The van der Waals surface area contributed by atoms with Gasteiger partial charge in [0, 0.05) is 5.69 Å². The molecule has 0 bridgehead atoms. The number of hydrogen-bond donors (Lipinski definition) is 4. The van der Waals surface area contributed by atoms with Crippen LogP contribution < -0.4 is 15.5 Å². The van der Waals surface area contributed by atoms with Crippen molar-refractivity contribution in [3.8, 4) is 0 Å². The number of benzene rings is 1. The normalized spacial score (nSPS) is 12.7. The standard InChI is InChI=1S/C21H32N6O5S/c1-14(2)9-19(21(29)25-30)20(28)23-17-7-5-16(6-8-17)11-27-12-18(24-26-27)10-22-33(31,32)13-15(3)4/h5-8,12,14-15,19,22,30H,9-11,13H2,1-4H3,(H,23,28)(H,25,29)/t19-/m1/s1. The van der Waals surface area contributed by atoms with Gasteiger partial charge >= 0.3 is 0 Å². The van der Waals surface area contributed by atoms with Gasteiger partial charge < -0.3 is 5.32 Å². The van der Waals surface area contributed by atoms with Crippen LogP contribution in [0.2, 0.25) is 0 Å². The minimum Gasteiger partial charge on any atom is -0.325 e. The molecule has 0 radical (unpaired) electrons. The first-order valence-corrected chi connectivity index (χ1v) is 12.3. The number of anilines is 1. The van der Waals surface area contributed by atoms with E-state index < -0.39 is 27.8 Å². The lowest BCUT2D eigenvalue weighted by Crippen LogP contribution is -2.37. The number of rotatable bonds is 12. The first kappa shape index (κ1) is 26.4. The van der Waals surface area contributed by atoms with Crippen molar-refractivity contribution in [2.24, 2.45) is 17.8 Å². The molecule has 33 heavy (non-hydrogen) atoms. The van der Waals surface area contributed by atoms with E-state index >= 15 is 0 Å². The van der Waals surface area contributed by atoms with Crippen molar-refractivity contribution in [1.29, 1.82) is 0 Å². The zero-order chi connectivity index (χ0) is 24.6. The molecule has 11 nitrogen and oxygen atoms in total. The van der Waals surface area contributed by atoms with Gasteiger partial charge in [-0.25, -0.2) is 23.3 Å². The summed E-state index contributed by atoms with van der Waals surface area (Å²) >= 11 is 0. The minimum atomic E-state index is -3.36. The molecule has 182 valence electrons. The van der Waals surface area contributed by atoms with E-state index in [0.717, 1.165) is 5.56 Å². The van der Waals surface area contributed by atoms with E-state index in [4.69, 9.17) is 5.21 Å². The summed E-state index contributed by atoms with van der Waals surface area (Å²) in [5.74, 6) is -2.07. The number of aromatic nitrogens is 3. The number of carbonyl (C=O) groups excluding carboxylic acids is 2. The highest BCUT2D eigenvalue weighted by atomic mass is 32.2. The van der Waals surface area contributed by atoms with E-state index in [-0.39, 0.29) is 24.1 Å². The molecule has 0 aliphatic rings. The van der Waals surface area contributed by atoms with E-state index in [9.17, 15) is 18.0 Å². The number of nitrogens with one attached hydrogen (secondary N) is 3. The molecular weight excluding hydrogens is 448 g/mol. The lowest BCUT2D eigenvalue weighted by atomic mass is 9.95. The second-order valence-electron chi connectivity index (χ2n) is 8.75. The van der Waals surface area contributed by atoms with Gasteiger partial charge in [-0.15, -0.1) is 5.10 Å². The fraction of sp³-hybridized carbons (Fsp3) is 0.524. The van der Waals surface area contributed by atoms with Crippen LogP contribution in [0.5, 0.6) is 0 Å². The van der Waals surface area contributed by atoms with Gasteiger partial charge in [-0.3, -0.25) is 14.8 Å². The molecule has 1 aromatic carbocycles. The van der Waals surface area contributed by atoms with Crippen molar-refractivity contribution in [2.45, 2.75) is 47.2 Å². The number of amides is 2. The van der Waals surface area contributed by atoms with Crippen LogP contribution in [0.4, 0.5) is 5.69 Å². The van der Waals surface area contributed by atoms with Gasteiger partial charge in [-0.1, -0.05) is 45.0 Å². The Morgan fingerprint density at radius 2 is 1.73 bits per heavy atom. The first-order valence-electron chi connectivity index (χ1n) is 10.7. The summed E-state index contributed by atoms with van der Waals surface area (Å²) in [6.45, 7) is 7.91. The number of sulfonamides is 1. The van der Waals surface area contributed by atoms with Crippen LogP contribution in [-0.2, 0) is 32.7 Å². The Balaban J connectivity index is 1.94. The molecule has 4 N–H and O–H groups in total. The molecule has 2 amide bonds. The van der Waals surface area contributed by atoms with E-state index in [1.807, 2.05) is 27.7 Å². The van der Waals surface area contributed by atoms with Gasteiger partial charge in [-0.05, 0) is 36.0 Å². The zero-order valence-corrected chi connectivity index (χ0v) is 20.1. The van der Waals surface area contributed by atoms with Gasteiger partial charge in [0.15, 0.2) is 0 Å². The molecule has 0 saturated carbocycles. The van der Waals surface area contributed by atoms with E-state index in [1.165, 1.54) is 0 Å². The van der Waals surface area contributed by atoms with E-state index in [2.05, 4.69) is 20.4 Å². The number of carbonyl (C=O) groups is 2. The van der Waals surface area contributed by atoms with Gasteiger partial charge in [0.25, 0.3) is 5.91 Å². The summed E-state index contributed by atoms with van der Waals surface area (Å²) in [4.78, 5) is 24.3. The summed E-state index contributed by atoms with van der Waals surface area (Å²) in [6, 6.07) is 7.00. The molecular formula is C21H32N6O5S. The summed E-state index contributed by atoms with van der Waals surface area (Å²) in [6.07, 6.45) is 1.97. The molecule has 0 spiro atoms. The molecule has 1 heterocycles. The van der Waals surface area contributed by atoms with Crippen molar-refractivity contribution in [3.63, 3.8) is 0 Å². The Morgan fingerprint density at radius 1 is 1.06 bits per heavy atom. The monoisotopic (exact) mass is 480 g/mol. The van der Waals surface area contributed by atoms with Crippen LogP contribution in [-0.4, -0.2) is 46.2 Å². The fourth-order valence-electron chi connectivity index (χ4n) is 3.17. The topological polar surface area (TPSA) is 155 Å². The highest BCUT2D eigenvalue weighted by Gasteiger charge is 2.27. The van der Waals surface area contributed by atoms with Gasteiger partial charge in [0.2, 0.25) is 15.9 Å². The maximum Gasteiger partial charge on any atom is 0.255 e. The highest BCUT2D eigenvalue weighted by Crippen LogP contribution is 2.17. The van der Waals surface area contributed by atoms with Crippen molar-refractivity contribution in [1.82, 2.24) is 25.2 Å². The summed E-state index contributed by atoms with van der Waals surface area (Å²) < 4.78 is 28.0. The molecule has 1 atom stereocenters. The van der Waals surface area contributed by atoms with E-state index in [1.54, 1.807) is 40.6 Å². The van der Waals surface area contributed by atoms with Gasteiger partial charge in [0.1, 0.15) is 5.92 Å². The number of hydrogen-bond acceptors (Lipinski definition) is 7. The Kier molecular flexibility index (Phi) is 9.50. The van der Waals surface area contributed by atoms with Crippen molar-refractivity contribution in [3.05, 3.63) is 41.7 Å². The quantitative estimate of drug-likeness (QED) is 0.204. The predicted molar refractivity (Wildman–Crippen MR) is 123 cm³/mol. The second kappa shape index (κ2) is 11.9. The molecule has 0 saturated heterocycles. The average Bonchev–Trinajstić information content (AvgIpc) is 3.18. The maximum atomic E-state index is 12.5. The third-order valence-corrected chi connectivity index (χ3v) is 6.32. The Morgan fingerprint density at radius 3 is 2.30 bits per heavy atom. The summed E-state index contributed by atoms with van der Waals surface area (Å²) in [5, 5.41) is 19.6. The molecule has 0 aliphatic carbocycles. The van der Waals surface area contributed by atoms with Gasteiger partial charge in [-0.2, -0.15) is 0 Å². The minimum absolute atomic E-state index is 0.0267. The summed E-state index contributed by atoms with van der Waals surface area (Å²) in [5.41, 5.74) is 3.45. The molecule has 2 aromatic rings.